The highest BCUT2D eigenvalue weighted by Gasteiger charge is 2.37. The molecule has 4 aromatic carbocycles. The Morgan fingerprint density at radius 1 is 0.567 bits per heavy atom. The van der Waals surface area contributed by atoms with Gasteiger partial charge in [-0.1, -0.05) is 111 Å². The van der Waals surface area contributed by atoms with Crippen LogP contribution >= 0.6 is 0 Å². The van der Waals surface area contributed by atoms with Crippen LogP contribution in [0.3, 0.4) is 0 Å². The normalized spacial score (nSPS) is 16.9. The maximum atomic E-state index is 2.47. The van der Waals surface area contributed by atoms with E-state index in [9.17, 15) is 0 Å². The third kappa shape index (κ3) is 3.17. The maximum Gasteiger partial charge on any atom is 0.0184 e. The van der Waals surface area contributed by atoms with Crippen molar-refractivity contribution in [3.8, 4) is 22.3 Å². The first kappa shape index (κ1) is 18.9. The van der Waals surface area contributed by atoms with Gasteiger partial charge in [-0.05, 0) is 63.8 Å². The average molecular weight is 389 g/mol. The molecule has 1 unspecified atom stereocenters. The second-order valence-corrected chi connectivity index (χ2v) is 8.67. The lowest BCUT2D eigenvalue weighted by Gasteiger charge is -2.26. The van der Waals surface area contributed by atoms with Crippen molar-refractivity contribution >= 4 is 0 Å². The Kier molecular flexibility index (Phi) is 4.79. The summed E-state index contributed by atoms with van der Waals surface area (Å²) in [4.78, 5) is 0. The van der Waals surface area contributed by atoms with Crippen LogP contribution < -0.4 is 0 Å². The number of hydrogen-bond acceptors (Lipinski definition) is 0. The van der Waals surface area contributed by atoms with E-state index in [1.807, 2.05) is 0 Å². The number of benzene rings is 4. The molecule has 0 heteroatoms. The number of aryl methyl sites for hydroxylation is 2. The van der Waals surface area contributed by atoms with E-state index >= 15 is 0 Å². The van der Waals surface area contributed by atoms with E-state index in [4.69, 9.17) is 0 Å². The molecule has 0 N–H and O–H groups in total. The van der Waals surface area contributed by atoms with Crippen LogP contribution in [0.15, 0.2) is 97.1 Å². The van der Waals surface area contributed by atoms with E-state index in [-0.39, 0.29) is 5.41 Å². The summed E-state index contributed by atoms with van der Waals surface area (Å²) in [6, 6.07) is 35.7. The molecule has 1 atom stereocenters. The maximum absolute atomic E-state index is 2.47. The molecule has 0 saturated heterocycles. The predicted molar refractivity (Wildman–Crippen MR) is 128 cm³/mol. The molecule has 0 aliphatic heterocycles. The van der Waals surface area contributed by atoms with Gasteiger partial charge in [-0.25, -0.2) is 0 Å². The summed E-state index contributed by atoms with van der Waals surface area (Å²) in [6.07, 6.45) is 3.28. The van der Waals surface area contributed by atoms with Crippen LogP contribution in [0, 0.1) is 0 Å². The summed E-state index contributed by atoms with van der Waals surface area (Å²) in [7, 11) is 0. The highest BCUT2D eigenvalue weighted by Crippen LogP contribution is 2.50. The molecule has 5 rings (SSSR count). The number of fused-ring (bicyclic) bond motifs is 3. The van der Waals surface area contributed by atoms with E-state index in [0.717, 1.165) is 19.3 Å². The highest BCUT2D eigenvalue weighted by molar-refractivity contribution is 5.81. The first-order valence-corrected chi connectivity index (χ1v) is 11.1. The molecule has 30 heavy (non-hydrogen) atoms. The van der Waals surface area contributed by atoms with Gasteiger partial charge in [0.15, 0.2) is 0 Å². The van der Waals surface area contributed by atoms with E-state index in [2.05, 4.69) is 111 Å². The van der Waals surface area contributed by atoms with Gasteiger partial charge in [0.25, 0.3) is 0 Å². The Bertz CT molecular complexity index is 1170. The predicted octanol–water partition coefficient (Wildman–Crippen LogP) is 7.84. The second kappa shape index (κ2) is 7.61. The van der Waals surface area contributed by atoms with Gasteiger partial charge < -0.3 is 0 Å². The van der Waals surface area contributed by atoms with Gasteiger partial charge in [0, 0.05) is 5.41 Å². The Morgan fingerprint density at radius 3 is 1.93 bits per heavy atom. The van der Waals surface area contributed by atoms with Crippen LogP contribution in [0.2, 0.25) is 0 Å². The lowest BCUT2D eigenvalue weighted by molar-refractivity contribution is 0.564. The molecule has 4 aromatic rings. The van der Waals surface area contributed by atoms with Crippen LogP contribution in [0.4, 0.5) is 0 Å². The van der Waals surface area contributed by atoms with Crippen molar-refractivity contribution in [2.75, 3.05) is 0 Å². The average Bonchev–Trinajstić information content (AvgIpc) is 3.07. The first-order chi connectivity index (χ1) is 14.7. The molecule has 0 bridgehead atoms. The largest absolute Gasteiger partial charge is 0.0642 e. The summed E-state index contributed by atoms with van der Waals surface area (Å²) in [5.74, 6) is 0. The molecule has 0 aromatic heterocycles. The molecular formula is C30H28. The standard InChI is InChI=1S/C30H28/c1-3-30(2)28-12-8-7-11-26(28)27-20-17-23(21-29(27)30)14-13-22-15-18-25(19-16-22)24-9-5-4-6-10-24/h4-12,15-21H,3,13-14H2,1-2H3. The van der Waals surface area contributed by atoms with E-state index in [1.54, 1.807) is 0 Å². The van der Waals surface area contributed by atoms with Crippen molar-refractivity contribution in [2.24, 2.45) is 0 Å². The molecule has 1 aliphatic carbocycles. The molecule has 0 radical (unpaired) electrons. The molecule has 0 fully saturated rings. The van der Waals surface area contributed by atoms with Crippen LogP contribution in [0.1, 0.15) is 42.5 Å². The topological polar surface area (TPSA) is 0 Å². The van der Waals surface area contributed by atoms with Gasteiger partial charge >= 0.3 is 0 Å². The lowest BCUT2D eigenvalue weighted by atomic mass is 9.77. The smallest absolute Gasteiger partial charge is 0.0184 e. The summed E-state index contributed by atoms with van der Waals surface area (Å²) >= 11 is 0. The molecule has 1 aliphatic rings. The van der Waals surface area contributed by atoms with Crippen LogP contribution in [-0.2, 0) is 18.3 Å². The van der Waals surface area contributed by atoms with Gasteiger partial charge in [-0.15, -0.1) is 0 Å². The lowest BCUT2D eigenvalue weighted by Crippen LogP contribution is -2.19. The summed E-state index contributed by atoms with van der Waals surface area (Å²) in [6.45, 7) is 4.72. The van der Waals surface area contributed by atoms with Gasteiger partial charge in [-0.2, -0.15) is 0 Å². The van der Waals surface area contributed by atoms with Gasteiger partial charge in [0.2, 0.25) is 0 Å². The summed E-state index contributed by atoms with van der Waals surface area (Å²) in [5.41, 5.74) is 11.4. The van der Waals surface area contributed by atoms with Crippen molar-refractivity contribution in [3.63, 3.8) is 0 Å². The molecule has 0 spiro atoms. The van der Waals surface area contributed by atoms with Gasteiger partial charge in [0.1, 0.15) is 0 Å². The van der Waals surface area contributed by atoms with Gasteiger partial charge in [0.05, 0.1) is 0 Å². The fourth-order valence-electron chi connectivity index (χ4n) is 4.95. The minimum atomic E-state index is 0.124. The quantitative estimate of drug-likeness (QED) is 0.327. The highest BCUT2D eigenvalue weighted by atomic mass is 14.4. The molecule has 148 valence electrons. The first-order valence-electron chi connectivity index (χ1n) is 11.1. The minimum absolute atomic E-state index is 0.124. The van der Waals surface area contributed by atoms with Crippen molar-refractivity contribution in [1.29, 1.82) is 0 Å². The van der Waals surface area contributed by atoms with Crippen LogP contribution in [0.5, 0.6) is 0 Å². The summed E-state index contributed by atoms with van der Waals surface area (Å²) in [5, 5.41) is 0. The zero-order valence-electron chi connectivity index (χ0n) is 17.9. The SMILES string of the molecule is CCC1(C)c2ccccc2-c2ccc(CCc3ccc(-c4ccccc4)cc3)cc21. The zero-order chi connectivity index (χ0) is 20.6. The zero-order valence-corrected chi connectivity index (χ0v) is 17.9. The number of rotatable bonds is 5. The van der Waals surface area contributed by atoms with Gasteiger partial charge in [-0.3, -0.25) is 0 Å². The Morgan fingerprint density at radius 2 is 1.17 bits per heavy atom. The van der Waals surface area contributed by atoms with E-state index in [1.165, 1.54) is 44.5 Å². The Balaban J connectivity index is 1.36. The van der Waals surface area contributed by atoms with Crippen LogP contribution in [0.25, 0.3) is 22.3 Å². The van der Waals surface area contributed by atoms with Crippen molar-refractivity contribution < 1.29 is 0 Å². The van der Waals surface area contributed by atoms with Crippen LogP contribution in [-0.4, -0.2) is 0 Å². The molecule has 0 heterocycles. The molecule has 0 nitrogen and oxygen atoms in total. The fourth-order valence-corrected chi connectivity index (χ4v) is 4.95. The monoisotopic (exact) mass is 388 g/mol. The molecular weight excluding hydrogens is 360 g/mol. The van der Waals surface area contributed by atoms with Crippen molar-refractivity contribution in [1.82, 2.24) is 0 Å². The summed E-state index contributed by atoms with van der Waals surface area (Å²) < 4.78 is 0. The Hall–Kier alpha value is -3.12. The minimum Gasteiger partial charge on any atom is -0.0642 e. The van der Waals surface area contributed by atoms with Crippen molar-refractivity contribution in [2.45, 2.75) is 38.5 Å². The second-order valence-electron chi connectivity index (χ2n) is 8.67. The van der Waals surface area contributed by atoms with E-state index < -0.39 is 0 Å². The van der Waals surface area contributed by atoms with E-state index in [0.29, 0.717) is 0 Å². The molecule has 0 saturated carbocycles. The third-order valence-corrected chi connectivity index (χ3v) is 6.96. The third-order valence-electron chi connectivity index (χ3n) is 6.96. The molecule has 0 amide bonds. The fraction of sp³-hybridized carbons (Fsp3) is 0.200. The number of hydrogen-bond donors (Lipinski definition) is 0. The Labute approximate surface area is 180 Å². The van der Waals surface area contributed by atoms with Crippen molar-refractivity contribution in [3.05, 3.63) is 119 Å².